The fourth-order valence-corrected chi connectivity index (χ4v) is 6.13. The number of carbonyl (C=O) groups excluding carboxylic acids is 2. The van der Waals surface area contributed by atoms with Gasteiger partial charge in [0.25, 0.3) is 10.0 Å². The van der Waals surface area contributed by atoms with E-state index in [0.717, 1.165) is 11.3 Å². The first-order chi connectivity index (χ1) is 12.3. The number of hydrogen-bond acceptors (Lipinski definition) is 6. The van der Waals surface area contributed by atoms with Crippen LogP contribution in [-0.4, -0.2) is 73.8 Å². The third-order valence-corrected chi connectivity index (χ3v) is 8.16. The standard InChI is InChI=1S/C14H21ClN4O4S3/c1-24-9-4-10(17-14(16)21)13(20)18-5-7-19(8-6-18)26(22,23)12-3-2-11(15)25-12/h2-3,10H,4-9H2,1H3,(H3,16,17,21)/t10-/m1/s1. The number of nitrogens with one attached hydrogen (secondary N) is 1. The molecule has 12 heteroatoms. The number of urea groups is 1. The zero-order chi connectivity index (χ0) is 19.3. The molecule has 1 aromatic heterocycles. The van der Waals surface area contributed by atoms with E-state index in [4.69, 9.17) is 17.3 Å². The molecule has 1 aliphatic heterocycles. The fourth-order valence-electron chi connectivity index (χ4n) is 2.60. The first kappa shape index (κ1) is 21.3. The van der Waals surface area contributed by atoms with E-state index >= 15 is 0 Å². The quantitative estimate of drug-likeness (QED) is 0.657. The Morgan fingerprint density at radius 3 is 2.50 bits per heavy atom. The van der Waals surface area contributed by atoms with Crippen LogP contribution in [-0.2, 0) is 14.8 Å². The number of thiophene rings is 1. The smallest absolute Gasteiger partial charge is 0.312 e. The van der Waals surface area contributed by atoms with Gasteiger partial charge in [0.15, 0.2) is 0 Å². The summed E-state index contributed by atoms with van der Waals surface area (Å²) < 4.78 is 27.1. The van der Waals surface area contributed by atoms with Crippen molar-refractivity contribution in [2.45, 2.75) is 16.7 Å². The van der Waals surface area contributed by atoms with E-state index in [0.29, 0.717) is 16.5 Å². The Kier molecular flexibility index (Phi) is 7.59. The molecule has 1 fully saturated rings. The first-order valence-electron chi connectivity index (χ1n) is 7.85. The molecule has 0 radical (unpaired) electrons. The van der Waals surface area contributed by atoms with Crippen molar-refractivity contribution < 1.29 is 18.0 Å². The Morgan fingerprint density at radius 1 is 1.35 bits per heavy atom. The van der Waals surface area contributed by atoms with E-state index in [-0.39, 0.29) is 36.3 Å². The van der Waals surface area contributed by atoms with Gasteiger partial charge in [0.05, 0.1) is 4.34 Å². The van der Waals surface area contributed by atoms with Crippen LogP contribution < -0.4 is 11.1 Å². The average Bonchev–Trinajstić information content (AvgIpc) is 3.05. The Bertz CT molecular complexity index is 747. The second kappa shape index (κ2) is 9.27. The minimum Gasteiger partial charge on any atom is -0.352 e. The summed E-state index contributed by atoms with van der Waals surface area (Å²) in [6.45, 7) is 0.894. The van der Waals surface area contributed by atoms with Crippen LogP contribution in [0.3, 0.4) is 0 Å². The van der Waals surface area contributed by atoms with Gasteiger partial charge in [0.2, 0.25) is 5.91 Å². The van der Waals surface area contributed by atoms with Crippen molar-refractivity contribution in [3.05, 3.63) is 16.5 Å². The van der Waals surface area contributed by atoms with Gasteiger partial charge in [-0.25, -0.2) is 13.2 Å². The number of nitrogens with zero attached hydrogens (tertiary/aromatic N) is 2. The lowest BCUT2D eigenvalue weighted by molar-refractivity contribution is -0.134. The predicted octanol–water partition coefficient (Wildman–Crippen LogP) is 1.02. The molecule has 1 saturated heterocycles. The number of halogens is 1. The lowest BCUT2D eigenvalue weighted by atomic mass is 10.2. The topological polar surface area (TPSA) is 113 Å². The number of sulfonamides is 1. The number of rotatable bonds is 7. The molecule has 2 heterocycles. The summed E-state index contributed by atoms with van der Waals surface area (Å²) in [7, 11) is -3.61. The van der Waals surface area contributed by atoms with E-state index in [1.165, 1.54) is 10.4 Å². The van der Waals surface area contributed by atoms with Crippen molar-refractivity contribution in [1.29, 1.82) is 0 Å². The van der Waals surface area contributed by atoms with Gasteiger partial charge >= 0.3 is 6.03 Å². The fraction of sp³-hybridized carbons (Fsp3) is 0.571. The van der Waals surface area contributed by atoms with Crippen LogP contribution in [0.2, 0.25) is 4.34 Å². The molecule has 146 valence electrons. The van der Waals surface area contributed by atoms with Crippen LogP contribution in [0.1, 0.15) is 6.42 Å². The van der Waals surface area contributed by atoms with Crippen LogP contribution in [0, 0.1) is 0 Å². The van der Waals surface area contributed by atoms with Crippen molar-refractivity contribution in [3.8, 4) is 0 Å². The maximum absolute atomic E-state index is 12.6. The van der Waals surface area contributed by atoms with Gasteiger partial charge in [0, 0.05) is 26.2 Å². The number of thioether (sulfide) groups is 1. The first-order valence-corrected chi connectivity index (χ1v) is 11.9. The summed E-state index contributed by atoms with van der Waals surface area (Å²) in [5.41, 5.74) is 5.15. The second-order valence-electron chi connectivity index (χ2n) is 5.63. The number of primary amides is 1. The van der Waals surface area contributed by atoms with Gasteiger partial charge in [-0.15, -0.1) is 11.3 Å². The zero-order valence-corrected chi connectivity index (χ0v) is 17.4. The van der Waals surface area contributed by atoms with Crippen molar-refractivity contribution >= 4 is 56.7 Å². The molecule has 3 N–H and O–H groups in total. The van der Waals surface area contributed by atoms with E-state index in [1.54, 1.807) is 22.7 Å². The molecule has 3 amide bonds. The van der Waals surface area contributed by atoms with E-state index in [9.17, 15) is 18.0 Å². The molecular formula is C14H21ClN4O4S3. The molecule has 8 nitrogen and oxygen atoms in total. The lowest BCUT2D eigenvalue weighted by Crippen LogP contribution is -2.56. The molecule has 2 rings (SSSR count). The summed E-state index contributed by atoms with van der Waals surface area (Å²) in [6, 6.07) is 1.58. The molecule has 0 bridgehead atoms. The lowest BCUT2D eigenvalue weighted by Gasteiger charge is -2.35. The third-order valence-electron chi connectivity index (χ3n) is 3.92. The van der Waals surface area contributed by atoms with Crippen molar-refractivity contribution in [2.75, 3.05) is 38.2 Å². The number of amides is 3. The molecule has 0 saturated carbocycles. The summed E-state index contributed by atoms with van der Waals surface area (Å²) >= 11 is 8.40. The largest absolute Gasteiger partial charge is 0.352 e. The van der Waals surface area contributed by atoms with Crippen molar-refractivity contribution in [2.24, 2.45) is 5.73 Å². The number of piperazine rings is 1. The van der Waals surface area contributed by atoms with Crippen LogP contribution in [0.5, 0.6) is 0 Å². The molecule has 0 aliphatic carbocycles. The van der Waals surface area contributed by atoms with Crippen LogP contribution in [0.15, 0.2) is 16.3 Å². The normalized spacial score (nSPS) is 17.1. The number of carbonyl (C=O) groups is 2. The summed E-state index contributed by atoms with van der Waals surface area (Å²) in [6.07, 6.45) is 2.38. The van der Waals surface area contributed by atoms with E-state index in [1.807, 2.05) is 6.26 Å². The monoisotopic (exact) mass is 440 g/mol. The molecule has 0 spiro atoms. The predicted molar refractivity (Wildman–Crippen MR) is 104 cm³/mol. The van der Waals surface area contributed by atoms with E-state index < -0.39 is 22.1 Å². The van der Waals surface area contributed by atoms with Crippen LogP contribution >= 0.6 is 34.7 Å². The Labute approximate surface area is 166 Å². The maximum Gasteiger partial charge on any atom is 0.312 e. The van der Waals surface area contributed by atoms with Crippen molar-refractivity contribution in [3.63, 3.8) is 0 Å². The average molecular weight is 441 g/mol. The Balaban J connectivity index is 1.99. The van der Waals surface area contributed by atoms with Gasteiger partial charge in [-0.05, 0) is 30.6 Å². The third kappa shape index (κ3) is 5.26. The highest BCUT2D eigenvalue weighted by atomic mass is 35.5. The van der Waals surface area contributed by atoms with Gasteiger partial charge in [-0.2, -0.15) is 16.1 Å². The molecule has 0 unspecified atom stereocenters. The zero-order valence-electron chi connectivity index (χ0n) is 14.2. The molecule has 1 aromatic rings. The highest BCUT2D eigenvalue weighted by molar-refractivity contribution is 7.98. The molecule has 26 heavy (non-hydrogen) atoms. The molecule has 1 atom stereocenters. The molecular weight excluding hydrogens is 420 g/mol. The summed E-state index contributed by atoms with van der Waals surface area (Å²) in [4.78, 5) is 25.3. The Hall–Kier alpha value is -1.01. The highest BCUT2D eigenvalue weighted by Gasteiger charge is 2.33. The molecule has 0 aromatic carbocycles. The Morgan fingerprint density at radius 2 is 2.00 bits per heavy atom. The summed E-state index contributed by atoms with van der Waals surface area (Å²) in [5.74, 6) is 0.457. The second-order valence-corrected chi connectivity index (χ2v) is 10.5. The van der Waals surface area contributed by atoms with Crippen LogP contribution in [0.4, 0.5) is 4.79 Å². The highest BCUT2D eigenvalue weighted by Crippen LogP contribution is 2.28. The van der Waals surface area contributed by atoms with Gasteiger partial charge in [-0.3, -0.25) is 4.79 Å². The van der Waals surface area contributed by atoms with Gasteiger partial charge in [0.1, 0.15) is 10.3 Å². The van der Waals surface area contributed by atoms with Gasteiger partial charge in [-0.1, -0.05) is 11.6 Å². The minimum atomic E-state index is -3.61. The summed E-state index contributed by atoms with van der Waals surface area (Å²) in [5, 5.41) is 2.47. The number of hydrogen-bond donors (Lipinski definition) is 2. The maximum atomic E-state index is 12.6. The van der Waals surface area contributed by atoms with E-state index in [2.05, 4.69) is 5.32 Å². The molecule has 1 aliphatic rings. The van der Waals surface area contributed by atoms with Crippen LogP contribution in [0.25, 0.3) is 0 Å². The van der Waals surface area contributed by atoms with Gasteiger partial charge < -0.3 is 16.0 Å². The SMILES string of the molecule is CSCC[C@@H](NC(N)=O)C(=O)N1CCN(S(=O)(=O)c2ccc(Cl)s2)CC1. The van der Waals surface area contributed by atoms with Crippen molar-refractivity contribution in [1.82, 2.24) is 14.5 Å². The number of nitrogens with two attached hydrogens (primary N) is 1. The minimum absolute atomic E-state index is 0.190.